The average Bonchev–Trinajstić information content (AvgIpc) is 2.65. The van der Waals surface area contributed by atoms with E-state index in [9.17, 15) is 4.79 Å². The van der Waals surface area contributed by atoms with Crippen molar-refractivity contribution in [1.82, 2.24) is 10.3 Å². The van der Waals surface area contributed by atoms with Crippen molar-refractivity contribution in [1.29, 1.82) is 0 Å². The summed E-state index contributed by atoms with van der Waals surface area (Å²) >= 11 is 4.07. The summed E-state index contributed by atoms with van der Waals surface area (Å²) in [6.07, 6.45) is 10.0. The van der Waals surface area contributed by atoms with E-state index in [1.807, 2.05) is 36.4 Å². The number of hydrogen-bond donors (Lipinski definition) is 1. The van der Waals surface area contributed by atoms with Crippen LogP contribution in [0, 0.1) is 17.3 Å². The van der Waals surface area contributed by atoms with E-state index in [2.05, 4.69) is 38.4 Å². The number of carbonyl (C=O) groups is 1. The van der Waals surface area contributed by atoms with Crippen LogP contribution in [0.5, 0.6) is 0 Å². The fraction of sp³-hybridized carbons (Fsp3) is 0.500. The van der Waals surface area contributed by atoms with Crippen LogP contribution in [0.1, 0.15) is 62.2 Å². The van der Waals surface area contributed by atoms with Gasteiger partial charge in [0.25, 0.3) is 0 Å². The third kappa shape index (κ3) is 3.52. The van der Waals surface area contributed by atoms with Gasteiger partial charge >= 0.3 is 0 Å². The molecule has 1 N–H and O–H groups in total. The predicted octanol–water partition coefficient (Wildman–Crippen LogP) is 5.41. The Morgan fingerprint density at radius 2 is 1.79 bits per heavy atom. The molecule has 1 aromatic carbocycles. The first-order chi connectivity index (χ1) is 13.5. The molecule has 0 saturated heterocycles. The average molecular weight is 439 g/mol. The molecule has 4 aliphatic rings. The molecule has 1 amide bonds. The monoisotopic (exact) mass is 438 g/mol. The molecule has 28 heavy (non-hydrogen) atoms. The second kappa shape index (κ2) is 6.98. The van der Waals surface area contributed by atoms with Gasteiger partial charge in [-0.05, 0) is 73.5 Å². The topological polar surface area (TPSA) is 42.0 Å². The lowest BCUT2D eigenvalue weighted by molar-refractivity contribution is -0.128. The Morgan fingerprint density at radius 1 is 1.07 bits per heavy atom. The van der Waals surface area contributed by atoms with Crippen LogP contribution in [-0.2, 0) is 4.79 Å². The minimum atomic E-state index is -0.193. The van der Waals surface area contributed by atoms with Gasteiger partial charge in [-0.2, -0.15) is 0 Å². The summed E-state index contributed by atoms with van der Waals surface area (Å²) in [5, 5.41) is 3.32. The van der Waals surface area contributed by atoms with Gasteiger partial charge in [-0.15, -0.1) is 0 Å². The van der Waals surface area contributed by atoms with Crippen molar-refractivity contribution in [2.45, 2.75) is 55.3 Å². The summed E-state index contributed by atoms with van der Waals surface area (Å²) < 4.78 is 0.289. The maximum absolute atomic E-state index is 13.2. The van der Waals surface area contributed by atoms with Gasteiger partial charge in [0.1, 0.15) is 0 Å². The highest BCUT2D eigenvalue weighted by Gasteiger charge is 2.57. The highest BCUT2D eigenvalue weighted by Crippen LogP contribution is 2.65. The zero-order valence-electron chi connectivity index (χ0n) is 16.1. The Morgan fingerprint density at radius 3 is 2.43 bits per heavy atom. The molecule has 0 aliphatic heterocycles. The lowest BCUT2D eigenvalue weighted by Crippen LogP contribution is -2.54. The summed E-state index contributed by atoms with van der Waals surface area (Å²) in [6.45, 7) is 0. The molecule has 0 radical (unpaired) electrons. The largest absolute Gasteiger partial charge is 0.344 e. The van der Waals surface area contributed by atoms with Gasteiger partial charge in [-0.1, -0.05) is 52.3 Å². The Labute approximate surface area is 175 Å². The highest BCUT2D eigenvalue weighted by atomic mass is 79.9. The van der Waals surface area contributed by atoms with Gasteiger partial charge < -0.3 is 5.32 Å². The second-order valence-corrected chi connectivity index (χ2v) is 11.1. The number of hydrogen-bond acceptors (Lipinski definition) is 2. The maximum Gasteiger partial charge on any atom is 0.221 e. The minimum Gasteiger partial charge on any atom is -0.344 e. The smallest absolute Gasteiger partial charge is 0.221 e. The first kappa shape index (κ1) is 18.4. The Bertz CT molecular complexity index is 800. The molecule has 3 unspecified atom stereocenters. The molecule has 4 bridgehead atoms. The molecule has 4 aliphatic carbocycles. The lowest BCUT2D eigenvalue weighted by Gasteiger charge is -2.60. The van der Waals surface area contributed by atoms with Crippen molar-refractivity contribution in [3.8, 4) is 0 Å². The van der Waals surface area contributed by atoms with Crippen molar-refractivity contribution < 1.29 is 4.79 Å². The van der Waals surface area contributed by atoms with E-state index < -0.39 is 0 Å². The zero-order chi connectivity index (χ0) is 19.2. The third-order valence-electron chi connectivity index (χ3n) is 7.07. The fourth-order valence-corrected chi connectivity index (χ4v) is 8.13. The number of benzene rings is 1. The first-order valence-corrected chi connectivity index (χ1v) is 11.3. The Hall–Kier alpha value is -1.68. The number of halogens is 1. The molecule has 1 heterocycles. The molecule has 1 aromatic heterocycles. The maximum atomic E-state index is 13.2. The molecule has 146 valence electrons. The second-order valence-electron chi connectivity index (χ2n) is 9.45. The molecule has 3 atom stereocenters. The fourth-order valence-electron chi connectivity index (χ4n) is 6.62. The molecule has 3 nitrogen and oxygen atoms in total. The molecule has 0 spiro atoms. The van der Waals surface area contributed by atoms with E-state index >= 15 is 0 Å². The predicted molar refractivity (Wildman–Crippen MR) is 114 cm³/mol. The van der Waals surface area contributed by atoms with Crippen LogP contribution in [0.15, 0.2) is 54.7 Å². The summed E-state index contributed by atoms with van der Waals surface area (Å²) in [5.41, 5.74) is 2.16. The van der Waals surface area contributed by atoms with E-state index in [1.165, 1.54) is 32.1 Å². The van der Waals surface area contributed by atoms with Crippen LogP contribution >= 0.6 is 15.9 Å². The van der Waals surface area contributed by atoms with Crippen molar-refractivity contribution >= 4 is 21.8 Å². The van der Waals surface area contributed by atoms with Gasteiger partial charge in [-0.25, -0.2) is 0 Å². The number of amides is 1. The first-order valence-electron chi connectivity index (χ1n) is 10.5. The summed E-state index contributed by atoms with van der Waals surface area (Å²) in [6, 6.07) is 15.9. The van der Waals surface area contributed by atoms with Gasteiger partial charge in [-0.3, -0.25) is 9.78 Å². The van der Waals surface area contributed by atoms with Gasteiger partial charge in [0.2, 0.25) is 5.91 Å². The van der Waals surface area contributed by atoms with Crippen molar-refractivity contribution in [2.24, 2.45) is 17.3 Å². The molecular formula is C24H27BrN2O. The zero-order valence-corrected chi connectivity index (χ0v) is 17.7. The van der Waals surface area contributed by atoms with Gasteiger partial charge in [0.15, 0.2) is 0 Å². The van der Waals surface area contributed by atoms with Crippen LogP contribution in [0.2, 0.25) is 0 Å². The number of rotatable bonds is 5. The van der Waals surface area contributed by atoms with Crippen LogP contribution in [0.25, 0.3) is 0 Å². The van der Waals surface area contributed by atoms with Crippen LogP contribution in [-0.4, -0.2) is 15.2 Å². The van der Waals surface area contributed by atoms with Crippen LogP contribution in [0.4, 0.5) is 0 Å². The minimum absolute atomic E-state index is 0.164. The highest BCUT2D eigenvalue weighted by molar-refractivity contribution is 9.10. The Kier molecular flexibility index (Phi) is 4.58. The number of pyridine rings is 1. The van der Waals surface area contributed by atoms with Crippen molar-refractivity contribution in [3.05, 3.63) is 66.0 Å². The number of alkyl halides is 1. The van der Waals surface area contributed by atoms with Gasteiger partial charge in [0.05, 0.1) is 11.7 Å². The van der Waals surface area contributed by atoms with Gasteiger partial charge in [0, 0.05) is 16.9 Å². The van der Waals surface area contributed by atoms with Crippen molar-refractivity contribution in [2.75, 3.05) is 0 Å². The molecule has 4 saturated carbocycles. The number of carbonyl (C=O) groups excluding carboxylic acids is 1. The van der Waals surface area contributed by atoms with E-state index in [0.717, 1.165) is 29.5 Å². The third-order valence-corrected chi connectivity index (χ3v) is 8.00. The van der Waals surface area contributed by atoms with E-state index in [0.29, 0.717) is 6.42 Å². The van der Waals surface area contributed by atoms with Crippen LogP contribution in [0.3, 0.4) is 0 Å². The summed E-state index contributed by atoms with van der Waals surface area (Å²) in [4.78, 5) is 17.8. The number of nitrogens with zero attached hydrogens (tertiary/aromatic N) is 1. The lowest BCUT2D eigenvalue weighted by atomic mass is 9.48. The molecular weight excluding hydrogens is 412 g/mol. The summed E-state index contributed by atoms with van der Waals surface area (Å²) in [5.74, 6) is 1.76. The normalized spacial score (nSPS) is 34.2. The molecule has 4 fully saturated rings. The standard InChI is InChI=1S/C24H27BrN2O/c25-24-13-17-10-18(14-24)12-23(11-17,16-24)15-21(28)27-22(19-6-2-1-3-7-19)20-8-4-5-9-26-20/h1-9,17-18,22H,10-16H2,(H,27,28). The van der Waals surface area contributed by atoms with Crippen molar-refractivity contribution in [3.63, 3.8) is 0 Å². The molecule has 4 heteroatoms. The van der Waals surface area contributed by atoms with Crippen LogP contribution < -0.4 is 5.32 Å². The number of aromatic nitrogens is 1. The van der Waals surface area contributed by atoms with E-state index in [-0.39, 0.29) is 21.7 Å². The molecule has 2 aromatic rings. The Balaban J connectivity index is 1.36. The quantitative estimate of drug-likeness (QED) is 0.633. The summed E-state index contributed by atoms with van der Waals surface area (Å²) in [7, 11) is 0. The number of nitrogens with one attached hydrogen (secondary N) is 1. The molecule has 6 rings (SSSR count). The van der Waals surface area contributed by atoms with E-state index in [4.69, 9.17) is 0 Å². The van der Waals surface area contributed by atoms with E-state index in [1.54, 1.807) is 6.20 Å². The SMILES string of the molecule is O=C(CC12CC3CC(CC(Br)(C3)C1)C2)NC(c1ccccc1)c1ccccn1.